The molecule has 4 nitrogen and oxygen atoms in total. The Balaban J connectivity index is 4.19. The number of carboxylic acids is 1. The zero-order chi connectivity index (χ0) is 13.4. The molecule has 4 heteroatoms. The van der Waals surface area contributed by atoms with Gasteiger partial charge in [0.1, 0.15) is 0 Å². The zero-order valence-corrected chi connectivity index (χ0v) is 11.9. The summed E-state index contributed by atoms with van der Waals surface area (Å²) < 4.78 is 0. The first-order chi connectivity index (χ1) is 7.88. The monoisotopic (exact) mass is 244 g/mol. The quantitative estimate of drug-likeness (QED) is 0.671. The van der Waals surface area contributed by atoms with Crippen molar-refractivity contribution in [2.75, 3.05) is 33.7 Å². The van der Waals surface area contributed by atoms with Crippen molar-refractivity contribution in [3.63, 3.8) is 0 Å². The van der Waals surface area contributed by atoms with E-state index in [-0.39, 0.29) is 5.92 Å². The highest BCUT2D eigenvalue weighted by atomic mass is 16.4. The van der Waals surface area contributed by atoms with E-state index in [2.05, 4.69) is 37.7 Å². The standard InChI is InChI=1S/C13H28N2O2/c1-6-12(3)15(9-7-8-14(4)5)10-11(2)13(16)17/h11-12H,6-10H2,1-5H3,(H,16,17). The van der Waals surface area contributed by atoms with Crippen LogP contribution < -0.4 is 0 Å². The fraction of sp³-hybridized carbons (Fsp3) is 0.923. The SMILES string of the molecule is CCC(C)N(CCCN(C)C)CC(C)C(=O)O. The molecule has 0 heterocycles. The number of nitrogens with zero attached hydrogens (tertiary/aromatic N) is 2. The molecular formula is C13H28N2O2. The summed E-state index contributed by atoms with van der Waals surface area (Å²) in [5.41, 5.74) is 0. The van der Waals surface area contributed by atoms with Gasteiger partial charge in [0, 0.05) is 12.6 Å². The minimum Gasteiger partial charge on any atom is -0.481 e. The van der Waals surface area contributed by atoms with Gasteiger partial charge >= 0.3 is 5.97 Å². The van der Waals surface area contributed by atoms with Crippen LogP contribution in [-0.2, 0) is 4.79 Å². The molecule has 17 heavy (non-hydrogen) atoms. The summed E-state index contributed by atoms with van der Waals surface area (Å²) in [6.07, 6.45) is 2.15. The summed E-state index contributed by atoms with van der Waals surface area (Å²) in [5.74, 6) is -0.991. The van der Waals surface area contributed by atoms with Gasteiger partial charge in [-0.15, -0.1) is 0 Å². The summed E-state index contributed by atoms with van der Waals surface area (Å²) in [6.45, 7) is 8.78. The van der Waals surface area contributed by atoms with Crippen LogP contribution in [0.1, 0.15) is 33.6 Å². The predicted molar refractivity (Wildman–Crippen MR) is 71.3 cm³/mol. The zero-order valence-electron chi connectivity index (χ0n) is 11.9. The molecule has 0 saturated carbocycles. The van der Waals surface area contributed by atoms with Crippen molar-refractivity contribution < 1.29 is 9.90 Å². The third-order valence-corrected chi connectivity index (χ3v) is 3.19. The summed E-state index contributed by atoms with van der Waals surface area (Å²) in [7, 11) is 4.13. The Morgan fingerprint density at radius 2 is 1.82 bits per heavy atom. The predicted octanol–water partition coefficient (Wildman–Crippen LogP) is 1.76. The van der Waals surface area contributed by atoms with E-state index in [4.69, 9.17) is 5.11 Å². The van der Waals surface area contributed by atoms with E-state index in [1.807, 2.05) is 0 Å². The van der Waals surface area contributed by atoms with E-state index in [1.54, 1.807) is 6.92 Å². The van der Waals surface area contributed by atoms with Crippen LogP contribution >= 0.6 is 0 Å². The Kier molecular flexibility index (Phi) is 8.17. The molecule has 0 rings (SSSR count). The lowest BCUT2D eigenvalue weighted by Gasteiger charge is -2.30. The van der Waals surface area contributed by atoms with Crippen molar-refractivity contribution in [1.82, 2.24) is 9.80 Å². The number of aliphatic carboxylic acids is 1. The van der Waals surface area contributed by atoms with Crippen molar-refractivity contribution in [2.24, 2.45) is 5.92 Å². The second-order valence-electron chi connectivity index (χ2n) is 5.15. The van der Waals surface area contributed by atoms with Crippen molar-refractivity contribution in [3.8, 4) is 0 Å². The first-order valence-electron chi connectivity index (χ1n) is 6.50. The third kappa shape index (κ3) is 7.34. The Hall–Kier alpha value is -0.610. The molecular weight excluding hydrogens is 216 g/mol. The second-order valence-corrected chi connectivity index (χ2v) is 5.15. The topological polar surface area (TPSA) is 43.8 Å². The number of hydrogen-bond acceptors (Lipinski definition) is 3. The maximum Gasteiger partial charge on any atom is 0.307 e. The molecule has 0 aliphatic rings. The van der Waals surface area contributed by atoms with Crippen molar-refractivity contribution >= 4 is 5.97 Å². The van der Waals surface area contributed by atoms with Crippen molar-refractivity contribution in [3.05, 3.63) is 0 Å². The van der Waals surface area contributed by atoms with Crippen LogP contribution in [0.25, 0.3) is 0 Å². The van der Waals surface area contributed by atoms with Gasteiger partial charge in [-0.2, -0.15) is 0 Å². The molecule has 0 aromatic heterocycles. The van der Waals surface area contributed by atoms with Gasteiger partial charge in [0.15, 0.2) is 0 Å². The first-order valence-corrected chi connectivity index (χ1v) is 6.50. The Bertz CT molecular complexity index is 219. The summed E-state index contributed by atoms with van der Waals surface area (Å²) in [6, 6.07) is 0.457. The summed E-state index contributed by atoms with van der Waals surface area (Å²) in [5, 5.41) is 8.96. The fourth-order valence-electron chi connectivity index (χ4n) is 1.77. The Labute approximate surface area is 106 Å². The van der Waals surface area contributed by atoms with Gasteiger partial charge in [-0.3, -0.25) is 9.69 Å². The molecule has 0 aromatic carbocycles. The van der Waals surface area contributed by atoms with Gasteiger partial charge in [0.25, 0.3) is 0 Å². The lowest BCUT2D eigenvalue weighted by atomic mass is 10.1. The molecule has 1 N–H and O–H groups in total. The van der Waals surface area contributed by atoms with Crippen LogP contribution in [0.5, 0.6) is 0 Å². The van der Waals surface area contributed by atoms with E-state index in [9.17, 15) is 4.79 Å². The third-order valence-electron chi connectivity index (χ3n) is 3.19. The molecule has 0 saturated heterocycles. The van der Waals surface area contributed by atoms with E-state index in [0.29, 0.717) is 12.6 Å². The maximum atomic E-state index is 10.9. The smallest absolute Gasteiger partial charge is 0.307 e. The van der Waals surface area contributed by atoms with Crippen LogP contribution in [0, 0.1) is 5.92 Å². The highest BCUT2D eigenvalue weighted by molar-refractivity contribution is 5.69. The maximum absolute atomic E-state index is 10.9. The van der Waals surface area contributed by atoms with Gasteiger partial charge in [-0.25, -0.2) is 0 Å². The van der Waals surface area contributed by atoms with Gasteiger partial charge in [0.05, 0.1) is 5.92 Å². The molecule has 0 amide bonds. The molecule has 0 spiro atoms. The molecule has 0 fully saturated rings. The molecule has 0 radical (unpaired) electrons. The Morgan fingerprint density at radius 3 is 2.24 bits per heavy atom. The van der Waals surface area contributed by atoms with E-state index >= 15 is 0 Å². The minimum atomic E-state index is -0.703. The van der Waals surface area contributed by atoms with Gasteiger partial charge in [0.2, 0.25) is 0 Å². The average Bonchev–Trinajstić information content (AvgIpc) is 2.25. The van der Waals surface area contributed by atoms with Gasteiger partial charge in [-0.05, 0) is 47.0 Å². The summed E-state index contributed by atoms with van der Waals surface area (Å²) in [4.78, 5) is 15.3. The molecule has 102 valence electrons. The molecule has 0 aliphatic carbocycles. The number of hydrogen-bond donors (Lipinski definition) is 1. The average molecular weight is 244 g/mol. The molecule has 0 aliphatic heterocycles. The normalized spacial score (nSPS) is 15.2. The van der Waals surface area contributed by atoms with Crippen LogP contribution in [0.2, 0.25) is 0 Å². The summed E-state index contributed by atoms with van der Waals surface area (Å²) >= 11 is 0. The lowest BCUT2D eigenvalue weighted by Crippen LogP contribution is -2.39. The number of carboxylic acid groups (broad SMARTS) is 1. The Morgan fingerprint density at radius 1 is 1.24 bits per heavy atom. The van der Waals surface area contributed by atoms with Crippen LogP contribution in [0.4, 0.5) is 0 Å². The van der Waals surface area contributed by atoms with Crippen LogP contribution in [0.15, 0.2) is 0 Å². The van der Waals surface area contributed by atoms with E-state index in [0.717, 1.165) is 25.9 Å². The van der Waals surface area contributed by atoms with Gasteiger partial charge in [-0.1, -0.05) is 13.8 Å². The lowest BCUT2D eigenvalue weighted by molar-refractivity contribution is -0.141. The van der Waals surface area contributed by atoms with Crippen molar-refractivity contribution in [1.29, 1.82) is 0 Å². The molecule has 0 aromatic rings. The number of rotatable bonds is 9. The fourth-order valence-corrected chi connectivity index (χ4v) is 1.77. The van der Waals surface area contributed by atoms with Crippen LogP contribution in [0.3, 0.4) is 0 Å². The van der Waals surface area contributed by atoms with Crippen LogP contribution in [-0.4, -0.2) is 60.6 Å². The first kappa shape index (κ1) is 16.4. The largest absolute Gasteiger partial charge is 0.481 e. The second kappa shape index (κ2) is 8.48. The minimum absolute atomic E-state index is 0.289. The number of carbonyl (C=O) groups is 1. The van der Waals surface area contributed by atoms with Crippen molar-refractivity contribution in [2.45, 2.75) is 39.7 Å². The highest BCUT2D eigenvalue weighted by Crippen LogP contribution is 2.09. The van der Waals surface area contributed by atoms with Gasteiger partial charge < -0.3 is 10.0 Å². The van der Waals surface area contributed by atoms with E-state index in [1.165, 1.54) is 0 Å². The molecule has 0 bridgehead atoms. The highest BCUT2D eigenvalue weighted by Gasteiger charge is 2.19. The molecule has 2 atom stereocenters. The van der Waals surface area contributed by atoms with E-state index < -0.39 is 5.97 Å². The molecule has 2 unspecified atom stereocenters.